The Bertz CT molecular complexity index is 3420. The standard InChI is InChI=1S/C60H52N4S/c1-8-45(59(2,3)4)16-13-14-40-20-31-47(32-21-40)63(48-33-24-42(25-34-48)41-22-29-46(30-23-41)60(5,6)7)55-39-37-51(57-58(55)62-65-61-57)44-26-35-49(36-27-44)64-53-19-12-11-18-52(53)56-50-17-10-9-15-43(50)28-38-54(56)64/h8-39H,1H2,2-7H3/b14-13+,45-16+. The van der Waals surface area contributed by atoms with Crippen LogP contribution in [0.1, 0.15) is 52.7 Å². The zero-order valence-corrected chi connectivity index (χ0v) is 38.7. The molecule has 4 nitrogen and oxygen atoms in total. The zero-order chi connectivity index (χ0) is 44.9. The summed E-state index contributed by atoms with van der Waals surface area (Å²) in [6.45, 7) is 17.4. The van der Waals surface area contributed by atoms with Gasteiger partial charge in [0.15, 0.2) is 0 Å². The van der Waals surface area contributed by atoms with Gasteiger partial charge >= 0.3 is 0 Å². The molecule has 5 heteroatoms. The normalized spacial score (nSPS) is 12.6. The molecule has 318 valence electrons. The van der Waals surface area contributed by atoms with Crippen LogP contribution in [-0.2, 0) is 5.41 Å². The molecule has 0 radical (unpaired) electrons. The van der Waals surface area contributed by atoms with Crippen LogP contribution in [0.2, 0.25) is 0 Å². The summed E-state index contributed by atoms with van der Waals surface area (Å²) in [6, 6.07) is 61.7. The molecule has 0 fully saturated rings. The van der Waals surface area contributed by atoms with Crippen molar-refractivity contribution in [2.24, 2.45) is 5.41 Å². The summed E-state index contributed by atoms with van der Waals surface area (Å²) in [5.41, 5.74) is 16.6. The third-order valence-electron chi connectivity index (χ3n) is 12.6. The first kappa shape index (κ1) is 41.7. The van der Waals surface area contributed by atoms with E-state index in [4.69, 9.17) is 8.75 Å². The third kappa shape index (κ3) is 7.87. The Morgan fingerprint density at radius 2 is 1.20 bits per heavy atom. The number of hydrogen-bond donors (Lipinski definition) is 0. The fourth-order valence-corrected chi connectivity index (χ4v) is 9.66. The van der Waals surface area contributed by atoms with E-state index in [1.165, 1.54) is 66.6 Å². The minimum Gasteiger partial charge on any atom is -0.309 e. The third-order valence-corrected chi connectivity index (χ3v) is 13.2. The van der Waals surface area contributed by atoms with Crippen LogP contribution in [0.15, 0.2) is 200 Å². The summed E-state index contributed by atoms with van der Waals surface area (Å²) < 4.78 is 12.3. The second-order valence-corrected chi connectivity index (χ2v) is 19.4. The average molecular weight is 861 g/mol. The zero-order valence-electron chi connectivity index (χ0n) is 37.9. The molecule has 10 aromatic rings. The Kier molecular flexibility index (Phi) is 10.7. The Balaban J connectivity index is 1.03. The number of nitrogens with zero attached hydrogens (tertiary/aromatic N) is 4. The van der Waals surface area contributed by atoms with Crippen LogP contribution < -0.4 is 4.90 Å². The fraction of sp³-hybridized carbons (Fsp3) is 0.133. The summed E-state index contributed by atoms with van der Waals surface area (Å²) in [4.78, 5) is 2.30. The van der Waals surface area contributed by atoms with Gasteiger partial charge in [0, 0.05) is 33.4 Å². The van der Waals surface area contributed by atoms with Gasteiger partial charge in [0.1, 0.15) is 11.0 Å². The lowest BCUT2D eigenvalue weighted by molar-refractivity contribution is 0.517. The monoisotopic (exact) mass is 860 g/mol. The minimum atomic E-state index is 0.0281. The van der Waals surface area contributed by atoms with Gasteiger partial charge in [-0.1, -0.05) is 182 Å². The van der Waals surface area contributed by atoms with E-state index >= 15 is 0 Å². The summed E-state index contributed by atoms with van der Waals surface area (Å²) in [6.07, 6.45) is 8.36. The lowest BCUT2D eigenvalue weighted by atomic mass is 9.86. The van der Waals surface area contributed by atoms with Gasteiger partial charge < -0.3 is 9.47 Å². The quantitative estimate of drug-likeness (QED) is 0.136. The number of benzene rings is 8. The molecule has 0 unspecified atom stereocenters. The Hall–Kier alpha value is -7.34. The minimum absolute atomic E-state index is 0.0281. The molecule has 0 N–H and O–H groups in total. The van der Waals surface area contributed by atoms with E-state index in [1.807, 2.05) is 6.08 Å². The predicted octanol–water partition coefficient (Wildman–Crippen LogP) is 17.2. The van der Waals surface area contributed by atoms with E-state index in [9.17, 15) is 0 Å². The van der Waals surface area contributed by atoms with Crippen molar-refractivity contribution in [1.29, 1.82) is 0 Å². The number of aromatic nitrogens is 3. The molecule has 8 aromatic carbocycles. The van der Waals surface area contributed by atoms with Crippen molar-refractivity contribution < 1.29 is 0 Å². The fourth-order valence-electron chi connectivity index (χ4n) is 9.09. The van der Waals surface area contributed by atoms with E-state index in [0.29, 0.717) is 0 Å². The maximum Gasteiger partial charge on any atom is 0.129 e. The highest BCUT2D eigenvalue weighted by Crippen LogP contribution is 2.43. The van der Waals surface area contributed by atoms with E-state index in [-0.39, 0.29) is 10.8 Å². The first-order valence-corrected chi connectivity index (χ1v) is 23.1. The number of anilines is 3. The Labute approximate surface area is 386 Å². The number of fused-ring (bicyclic) bond motifs is 6. The van der Waals surface area contributed by atoms with Crippen molar-refractivity contribution in [2.45, 2.75) is 47.0 Å². The number of hydrogen-bond acceptors (Lipinski definition) is 4. The second kappa shape index (κ2) is 16.7. The van der Waals surface area contributed by atoms with Crippen molar-refractivity contribution >= 4 is 78.5 Å². The molecule has 0 atom stereocenters. The van der Waals surface area contributed by atoms with Crippen molar-refractivity contribution in [3.63, 3.8) is 0 Å². The molecule has 2 heterocycles. The van der Waals surface area contributed by atoms with Gasteiger partial charge in [-0.25, -0.2) is 0 Å². The van der Waals surface area contributed by atoms with Crippen LogP contribution >= 0.6 is 11.7 Å². The van der Waals surface area contributed by atoms with Gasteiger partial charge in [0.2, 0.25) is 0 Å². The van der Waals surface area contributed by atoms with Crippen molar-refractivity contribution in [3.05, 3.63) is 211 Å². The molecule has 0 saturated carbocycles. The predicted molar refractivity (Wildman–Crippen MR) is 280 cm³/mol. The molecule has 2 aromatic heterocycles. The van der Waals surface area contributed by atoms with Crippen LogP contribution in [0.3, 0.4) is 0 Å². The molecule has 0 amide bonds. The highest BCUT2D eigenvalue weighted by molar-refractivity contribution is 7.00. The Morgan fingerprint density at radius 1 is 0.585 bits per heavy atom. The van der Waals surface area contributed by atoms with Crippen LogP contribution in [0.4, 0.5) is 17.1 Å². The van der Waals surface area contributed by atoms with Crippen molar-refractivity contribution in [3.8, 4) is 27.9 Å². The lowest BCUT2D eigenvalue weighted by Crippen LogP contribution is -2.11. The number of para-hydroxylation sites is 1. The SMILES string of the molecule is C=C/C(=C\C=C\c1ccc(N(c2ccc(-c3ccc(C(C)(C)C)cc3)cc2)c2ccc(-c3ccc(-n4c5ccccc5c5c6ccccc6ccc54)cc3)c3nsnc23)cc1)C(C)(C)C. The highest BCUT2D eigenvalue weighted by Gasteiger charge is 2.22. The maximum absolute atomic E-state index is 4.98. The molecule has 0 saturated heterocycles. The van der Waals surface area contributed by atoms with Crippen LogP contribution in [-0.4, -0.2) is 13.3 Å². The van der Waals surface area contributed by atoms with Gasteiger partial charge in [-0.05, 0) is 116 Å². The highest BCUT2D eigenvalue weighted by atomic mass is 32.1. The average Bonchev–Trinajstić information content (AvgIpc) is 3.95. The molecule has 0 aliphatic rings. The van der Waals surface area contributed by atoms with Crippen LogP contribution in [0.5, 0.6) is 0 Å². The van der Waals surface area contributed by atoms with E-state index in [1.54, 1.807) is 0 Å². The molecule has 0 spiro atoms. The molecule has 0 aliphatic heterocycles. The summed E-state index contributed by atoms with van der Waals surface area (Å²) in [5, 5.41) is 5.05. The lowest BCUT2D eigenvalue weighted by Gasteiger charge is -2.26. The second-order valence-electron chi connectivity index (χ2n) is 18.9. The van der Waals surface area contributed by atoms with Crippen LogP contribution in [0.25, 0.3) is 77.6 Å². The van der Waals surface area contributed by atoms with Crippen molar-refractivity contribution in [2.75, 3.05) is 4.90 Å². The first-order valence-electron chi connectivity index (χ1n) is 22.4. The van der Waals surface area contributed by atoms with Gasteiger partial charge in [0.25, 0.3) is 0 Å². The van der Waals surface area contributed by atoms with E-state index in [0.717, 1.165) is 50.5 Å². The molecular weight excluding hydrogens is 809 g/mol. The van der Waals surface area contributed by atoms with Crippen LogP contribution in [0, 0.1) is 5.41 Å². The number of allylic oxidation sites excluding steroid dienone is 4. The largest absolute Gasteiger partial charge is 0.309 e. The maximum atomic E-state index is 4.98. The first-order chi connectivity index (χ1) is 31.5. The molecule has 10 rings (SSSR count). The number of rotatable bonds is 9. The van der Waals surface area contributed by atoms with E-state index in [2.05, 4.69) is 246 Å². The Morgan fingerprint density at radius 3 is 1.88 bits per heavy atom. The van der Waals surface area contributed by atoms with Gasteiger partial charge in [-0.15, -0.1) is 0 Å². The molecule has 65 heavy (non-hydrogen) atoms. The van der Waals surface area contributed by atoms with Gasteiger partial charge in [-0.2, -0.15) is 8.75 Å². The summed E-state index contributed by atoms with van der Waals surface area (Å²) >= 11 is 1.26. The molecular formula is C60H52N4S. The molecule has 0 bridgehead atoms. The van der Waals surface area contributed by atoms with E-state index < -0.39 is 0 Å². The summed E-state index contributed by atoms with van der Waals surface area (Å²) in [5.74, 6) is 0. The molecule has 0 aliphatic carbocycles. The van der Waals surface area contributed by atoms with Crippen molar-refractivity contribution in [1.82, 2.24) is 13.3 Å². The smallest absolute Gasteiger partial charge is 0.129 e. The van der Waals surface area contributed by atoms with Gasteiger partial charge in [0.05, 0.1) is 28.4 Å². The topological polar surface area (TPSA) is 34.0 Å². The van der Waals surface area contributed by atoms with Gasteiger partial charge in [-0.3, -0.25) is 0 Å². The summed E-state index contributed by atoms with van der Waals surface area (Å²) in [7, 11) is 0.